The maximum absolute atomic E-state index is 11.0. The van der Waals surface area contributed by atoms with Crippen LogP contribution in [0.2, 0.25) is 0 Å². The third kappa shape index (κ3) is 8.48. The molecule has 0 unspecified atom stereocenters. The summed E-state index contributed by atoms with van der Waals surface area (Å²) in [5.74, 6) is -0.291. The highest BCUT2D eigenvalue weighted by Gasteiger charge is 2.15. The molecule has 1 aliphatic heterocycles. The van der Waals surface area contributed by atoms with Crippen molar-refractivity contribution in [3.8, 4) is 0 Å². The number of rotatable bonds is 10. The van der Waals surface area contributed by atoms with Gasteiger partial charge in [-0.3, -0.25) is 0 Å². The molecule has 0 aromatic heterocycles. The number of carbonyl (C=O) groups excluding carboxylic acids is 1. The lowest BCUT2D eigenvalue weighted by Gasteiger charge is -2.34. The van der Waals surface area contributed by atoms with Crippen molar-refractivity contribution in [2.45, 2.75) is 12.8 Å². The molecule has 0 aliphatic carbocycles. The van der Waals surface area contributed by atoms with Crippen molar-refractivity contribution < 1.29 is 9.53 Å². The molecule has 1 fully saturated rings. The van der Waals surface area contributed by atoms with E-state index in [4.69, 9.17) is 5.73 Å². The van der Waals surface area contributed by atoms with Gasteiger partial charge in [-0.05, 0) is 46.1 Å². The molecule has 1 rings (SSSR count). The molecule has 1 saturated heterocycles. The summed E-state index contributed by atoms with van der Waals surface area (Å²) in [5, 5.41) is 0. The predicted octanol–water partition coefficient (Wildman–Crippen LogP) is 0.00390. The lowest BCUT2D eigenvalue weighted by Crippen LogP contribution is -2.47. The number of ether oxygens (including phenoxy) is 1. The van der Waals surface area contributed by atoms with Crippen LogP contribution in [0.3, 0.4) is 0 Å². The molecule has 6 nitrogen and oxygen atoms in total. The smallest absolute Gasteiger partial charge is 0.330 e. The fourth-order valence-corrected chi connectivity index (χ4v) is 2.60. The fraction of sp³-hybridized carbons (Fsp3) is 0.812. The molecule has 1 aliphatic rings. The van der Waals surface area contributed by atoms with Crippen LogP contribution in [0.15, 0.2) is 12.2 Å². The number of nitrogens with zero attached hydrogens (tertiary/aromatic N) is 3. The standard InChI is InChI=1S/C16H32N4O2/c1-18(8-3-6-16(21)22-2)9-5-11-20-14-12-19(13-15-20)10-4-7-17/h3,6H,4-5,7-15,17H2,1-2H3/b6-3+. The molecule has 1 heterocycles. The second-order valence-corrected chi connectivity index (χ2v) is 5.87. The minimum absolute atomic E-state index is 0.291. The topological polar surface area (TPSA) is 62.0 Å². The van der Waals surface area contributed by atoms with Gasteiger partial charge in [-0.1, -0.05) is 6.08 Å². The van der Waals surface area contributed by atoms with Crippen LogP contribution in [-0.2, 0) is 9.53 Å². The minimum Gasteiger partial charge on any atom is -0.466 e. The van der Waals surface area contributed by atoms with E-state index < -0.39 is 0 Å². The Morgan fingerprint density at radius 2 is 1.77 bits per heavy atom. The summed E-state index contributed by atoms with van der Waals surface area (Å²) in [4.78, 5) is 18.2. The molecular formula is C16H32N4O2. The second kappa shape index (κ2) is 11.6. The summed E-state index contributed by atoms with van der Waals surface area (Å²) in [6.45, 7) is 9.55. The average molecular weight is 312 g/mol. The van der Waals surface area contributed by atoms with Gasteiger partial charge in [0.05, 0.1) is 7.11 Å². The summed E-state index contributed by atoms with van der Waals surface area (Å²) < 4.78 is 4.56. The van der Waals surface area contributed by atoms with Crippen molar-refractivity contribution in [3.05, 3.63) is 12.2 Å². The number of likely N-dealkylation sites (N-methyl/N-ethyl adjacent to an activating group) is 1. The van der Waals surface area contributed by atoms with E-state index in [9.17, 15) is 4.79 Å². The Balaban J connectivity index is 2.05. The van der Waals surface area contributed by atoms with E-state index in [1.807, 2.05) is 6.08 Å². The Kier molecular flexibility index (Phi) is 10.1. The number of nitrogens with two attached hydrogens (primary N) is 1. The van der Waals surface area contributed by atoms with Gasteiger partial charge < -0.3 is 25.2 Å². The number of methoxy groups -OCH3 is 1. The van der Waals surface area contributed by atoms with Gasteiger partial charge in [0.25, 0.3) is 0 Å². The van der Waals surface area contributed by atoms with Gasteiger partial charge in [0.1, 0.15) is 0 Å². The van der Waals surface area contributed by atoms with Crippen LogP contribution >= 0.6 is 0 Å². The molecule has 0 aromatic carbocycles. The van der Waals surface area contributed by atoms with Crippen molar-refractivity contribution in [1.29, 1.82) is 0 Å². The molecule has 0 aromatic rings. The predicted molar refractivity (Wildman–Crippen MR) is 89.8 cm³/mol. The zero-order valence-electron chi connectivity index (χ0n) is 14.2. The van der Waals surface area contributed by atoms with E-state index >= 15 is 0 Å². The van der Waals surface area contributed by atoms with E-state index in [1.54, 1.807) is 0 Å². The van der Waals surface area contributed by atoms with Gasteiger partial charge in [0.15, 0.2) is 0 Å². The van der Waals surface area contributed by atoms with Crippen LogP contribution in [-0.4, -0.2) is 93.7 Å². The van der Waals surface area contributed by atoms with E-state index in [2.05, 4.69) is 26.5 Å². The Labute approximate surface area is 134 Å². The van der Waals surface area contributed by atoms with Gasteiger partial charge in [0, 0.05) is 38.8 Å². The molecule has 0 radical (unpaired) electrons. The normalized spacial score (nSPS) is 17.5. The number of esters is 1. The summed E-state index contributed by atoms with van der Waals surface area (Å²) in [5.41, 5.74) is 5.55. The first kappa shape index (κ1) is 19.1. The summed E-state index contributed by atoms with van der Waals surface area (Å²) in [6.07, 6.45) is 5.59. The van der Waals surface area contributed by atoms with E-state index in [0.717, 1.165) is 71.7 Å². The number of piperazine rings is 1. The first-order chi connectivity index (χ1) is 10.7. The van der Waals surface area contributed by atoms with Crippen molar-refractivity contribution in [1.82, 2.24) is 14.7 Å². The SMILES string of the molecule is COC(=O)/C=C/CN(C)CCCN1CCN(CCCN)CC1. The molecule has 0 saturated carbocycles. The second-order valence-electron chi connectivity index (χ2n) is 5.87. The lowest BCUT2D eigenvalue weighted by atomic mass is 10.2. The van der Waals surface area contributed by atoms with Crippen molar-refractivity contribution in [2.75, 3.05) is 73.1 Å². The van der Waals surface area contributed by atoms with Crippen LogP contribution in [0.4, 0.5) is 0 Å². The highest BCUT2D eigenvalue weighted by molar-refractivity contribution is 5.81. The van der Waals surface area contributed by atoms with Crippen molar-refractivity contribution >= 4 is 5.97 Å². The van der Waals surface area contributed by atoms with Crippen LogP contribution in [0.1, 0.15) is 12.8 Å². The summed E-state index contributed by atoms with van der Waals surface area (Å²) in [6, 6.07) is 0. The molecule has 0 amide bonds. The van der Waals surface area contributed by atoms with Crippen molar-refractivity contribution in [2.24, 2.45) is 5.73 Å². The quantitative estimate of drug-likeness (QED) is 0.453. The Morgan fingerprint density at radius 1 is 1.18 bits per heavy atom. The van der Waals surface area contributed by atoms with Gasteiger partial charge in [0.2, 0.25) is 0 Å². The number of carbonyl (C=O) groups is 1. The van der Waals surface area contributed by atoms with E-state index in [-0.39, 0.29) is 5.97 Å². The minimum atomic E-state index is -0.291. The highest BCUT2D eigenvalue weighted by atomic mass is 16.5. The van der Waals surface area contributed by atoms with Crippen LogP contribution in [0, 0.1) is 0 Å². The molecule has 22 heavy (non-hydrogen) atoms. The van der Waals surface area contributed by atoms with E-state index in [1.165, 1.54) is 13.2 Å². The molecule has 6 heteroatoms. The van der Waals surface area contributed by atoms with Gasteiger partial charge in [-0.25, -0.2) is 4.79 Å². The van der Waals surface area contributed by atoms with E-state index in [0.29, 0.717) is 0 Å². The van der Waals surface area contributed by atoms with Gasteiger partial charge >= 0.3 is 5.97 Å². The Bertz CT molecular complexity index is 328. The molecule has 0 spiro atoms. The Morgan fingerprint density at radius 3 is 2.32 bits per heavy atom. The van der Waals surface area contributed by atoms with Gasteiger partial charge in [-0.2, -0.15) is 0 Å². The number of hydrogen-bond donors (Lipinski definition) is 1. The molecular weight excluding hydrogens is 280 g/mol. The van der Waals surface area contributed by atoms with Crippen molar-refractivity contribution in [3.63, 3.8) is 0 Å². The third-order valence-electron chi connectivity index (χ3n) is 4.03. The zero-order chi connectivity index (χ0) is 16.2. The molecule has 0 atom stereocenters. The maximum atomic E-state index is 11.0. The summed E-state index contributed by atoms with van der Waals surface area (Å²) >= 11 is 0. The largest absolute Gasteiger partial charge is 0.466 e. The van der Waals surface area contributed by atoms with Crippen LogP contribution in [0.25, 0.3) is 0 Å². The zero-order valence-corrected chi connectivity index (χ0v) is 14.2. The molecule has 0 bridgehead atoms. The summed E-state index contributed by atoms with van der Waals surface area (Å²) in [7, 11) is 3.47. The lowest BCUT2D eigenvalue weighted by molar-refractivity contribution is -0.134. The number of hydrogen-bond acceptors (Lipinski definition) is 6. The Hall–Kier alpha value is -0.950. The van der Waals surface area contributed by atoms with Crippen LogP contribution < -0.4 is 5.73 Å². The third-order valence-corrected chi connectivity index (χ3v) is 4.03. The average Bonchev–Trinajstić information content (AvgIpc) is 2.54. The van der Waals surface area contributed by atoms with Gasteiger partial charge in [-0.15, -0.1) is 0 Å². The first-order valence-corrected chi connectivity index (χ1v) is 8.23. The fourth-order valence-electron chi connectivity index (χ4n) is 2.60. The van der Waals surface area contributed by atoms with Crippen LogP contribution in [0.5, 0.6) is 0 Å². The first-order valence-electron chi connectivity index (χ1n) is 8.23. The molecule has 128 valence electrons. The monoisotopic (exact) mass is 312 g/mol. The maximum Gasteiger partial charge on any atom is 0.330 e. The highest BCUT2D eigenvalue weighted by Crippen LogP contribution is 2.03. The molecule has 2 N–H and O–H groups in total.